The molecule has 1 heterocycles. The Hall–Kier alpha value is -2.86. The van der Waals surface area contributed by atoms with Crippen molar-refractivity contribution in [2.75, 3.05) is 0 Å². The van der Waals surface area contributed by atoms with Gasteiger partial charge in [-0.05, 0) is 12.1 Å². The first kappa shape index (κ1) is 18.2. The summed E-state index contributed by atoms with van der Waals surface area (Å²) in [5.41, 5.74) is 1.51. The van der Waals surface area contributed by atoms with Gasteiger partial charge in [-0.25, -0.2) is 0 Å². The summed E-state index contributed by atoms with van der Waals surface area (Å²) in [5, 5.41) is 4.36. The van der Waals surface area contributed by atoms with Crippen molar-refractivity contribution in [3.63, 3.8) is 0 Å². The molecule has 0 N–H and O–H groups in total. The van der Waals surface area contributed by atoms with Crippen LogP contribution < -0.4 is 19.7 Å². The van der Waals surface area contributed by atoms with Crippen LogP contribution in [0, 0.1) is 0 Å². The molecule has 5 rings (SSSR count). The van der Waals surface area contributed by atoms with E-state index in [0.29, 0.717) is 0 Å². The molecule has 4 aromatic carbocycles. The Kier molecular flexibility index (Phi) is 5.17. The lowest BCUT2D eigenvalue weighted by Crippen LogP contribution is -1.94. The van der Waals surface area contributed by atoms with Crippen LogP contribution in [0.3, 0.4) is 0 Å². The average Bonchev–Trinajstić information content (AvgIpc) is 3.18. The summed E-state index contributed by atoms with van der Waals surface area (Å²) in [6.45, 7) is 0. The van der Waals surface area contributed by atoms with E-state index in [0.717, 1.165) is 44.0 Å². The Bertz CT molecular complexity index is 1150. The quantitative estimate of drug-likeness (QED) is 0.310. The van der Waals surface area contributed by atoms with Gasteiger partial charge in [0.05, 0.1) is 0 Å². The molecule has 5 heteroatoms. The molecular weight excluding hydrogens is 398 g/mol. The molecule has 3 nitrogen and oxygen atoms in total. The second kappa shape index (κ2) is 8.25. The highest BCUT2D eigenvalue weighted by molar-refractivity contribution is 7.42. The summed E-state index contributed by atoms with van der Waals surface area (Å²) in [7, 11) is 0.442. The Balaban J connectivity index is 1.48. The van der Waals surface area contributed by atoms with E-state index < -0.39 is 0 Å². The van der Waals surface area contributed by atoms with Gasteiger partial charge < -0.3 is 13.5 Å². The minimum Gasteiger partial charge on any atom is -0.469 e. The molecule has 142 valence electrons. The highest BCUT2D eigenvalue weighted by Gasteiger charge is 2.15. The van der Waals surface area contributed by atoms with Crippen LogP contribution in [0.2, 0.25) is 0 Å². The second-order valence-electron chi connectivity index (χ2n) is 6.51. The Morgan fingerprint density at radius 1 is 0.483 bits per heavy atom. The van der Waals surface area contributed by atoms with Gasteiger partial charge in [0.25, 0.3) is 0 Å². The number of benzene rings is 4. The smallest absolute Gasteiger partial charge is 0.177 e. The molecule has 2 unspecified atom stereocenters. The number of para-hydroxylation sites is 2. The molecule has 0 radical (unpaired) electrons. The van der Waals surface area contributed by atoms with Gasteiger partial charge in [0.2, 0.25) is 0 Å². The van der Waals surface area contributed by atoms with Gasteiger partial charge in [-0.15, -0.1) is 0 Å². The molecule has 0 aliphatic rings. The van der Waals surface area contributed by atoms with Gasteiger partial charge >= 0.3 is 0 Å². The Labute approximate surface area is 172 Å². The minimum atomic E-state index is 0.221. The molecule has 0 fully saturated rings. The van der Waals surface area contributed by atoms with E-state index >= 15 is 0 Å². The van der Waals surface area contributed by atoms with Crippen LogP contribution in [0.5, 0.6) is 11.5 Å². The first-order valence-electron chi connectivity index (χ1n) is 9.28. The summed E-state index contributed by atoms with van der Waals surface area (Å²) in [4.78, 5) is 0. The fraction of sp³-hybridized carbons (Fsp3) is 0. The maximum absolute atomic E-state index is 6.25. The molecule has 29 heavy (non-hydrogen) atoms. The summed E-state index contributed by atoms with van der Waals surface area (Å²) in [5.74, 6) is 1.50. The first-order valence-corrected chi connectivity index (χ1v) is 11.1. The summed E-state index contributed by atoms with van der Waals surface area (Å²) in [6.07, 6.45) is 0. The highest BCUT2D eigenvalue weighted by atomic mass is 31.1. The fourth-order valence-corrected chi connectivity index (χ4v) is 4.60. The van der Waals surface area contributed by atoms with E-state index in [1.165, 1.54) is 0 Å². The number of furan rings is 1. The van der Waals surface area contributed by atoms with Gasteiger partial charge in [0.1, 0.15) is 17.6 Å². The predicted molar refractivity (Wildman–Crippen MR) is 124 cm³/mol. The van der Waals surface area contributed by atoms with Crippen molar-refractivity contribution in [3.05, 3.63) is 97.1 Å². The fourth-order valence-electron chi connectivity index (χ4n) is 3.17. The second-order valence-corrected chi connectivity index (χ2v) is 8.48. The number of fused-ring (bicyclic) bond motifs is 3. The maximum Gasteiger partial charge on any atom is 0.177 e. The van der Waals surface area contributed by atoms with Crippen LogP contribution in [0.4, 0.5) is 0 Å². The lowest BCUT2D eigenvalue weighted by atomic mass is 10.1. The van der Waals surface area contributed by atoms with Gasteiger partial charge in [-0.3, -0.25) is 0 Å². The van der Waals surface area contributed by atoms with Gasteiger partial charge in [-0.2, -0.15) is 0 Å². The number of rotatable bonds is 6. The summed E-state index contributed by atoms with van der Waals surface area (Å²) in [6, 6.07) is 32.4. The SMILES string of the molecule is c1ccc(POc2cccc3c2oc2c(OPc4ccccc4)cccc23)cc1. The van der Waals surface area contributed by atoms with Crippen LogP contribution in [0.15, 0.2) is 101 Å². The highest BCUT2D eigenvalue weighted by Crippen LogP contribution is 2.41. The van der Waals surface area contributed by atoms with Crippen molar-refractivity contribution in [3.8, 4) is 11.5 Å². The molecule has 0 aliphatic carbocycles. The van der Waals surface area contributed by atoms with E-state index in [1.807, 2.05) is 60.7 Å². The zero-order chi connectivity index (χ0) is 19.5. The van der Waals surface area contributed by atoms with Crippen LogP contribution in [0.25, 0.3) is 21.9 Å². The van der Waals surface area contributed by atoms with Crippen molar-refractivity contribution in [2.24, 2.45) is 0 Å². The number of hydrogen-bond donors (Lipinski definition) is 0. The molecule has 2 atom stereocenters. The van der Waals surface area contributed by atoms with Crippen molar-refractivity contribution in [1.29, 1.82) is 0 Å². The van der Waals surface area contributed by atoms with Crippen molar-refractivity contribution in [2.45, 2.75) is 0 Å². The number of hydrogen-bond acceptors (Lipinski definition) is 3. The van der Waals surface area contributed by atoms with E-state index in [-0.39, 0.29) is 17.6 Å². The molecule has 0 saturated carbocycles. The standard InChI is InChI=1S/C24H18O3P2/c1-3-9-17(10-4-1)28-26-21-15-7-13-19-20-14-8-16-22(24(20)25-23(19)21)27-29-18-11-5-2-6-12-18/h1-16,28-29H. The third-order valence-electron chi connectivity index (χ3n) is 4.56. The van der Waals surface area contributed by atoms with E-state index in [2.05, 4.69) is 36.4 Å². The topological polar surface area (TPSA) is 31.6 Å². The molecule has 0 spiro atoms. The summed E-state index contributed by atoms with van der Waals surface area (Å²) < 4.78 is 18.4. The lowest BCUT2D eigenvalue weighted by molar-refractivity contribution is 0.580. The predicted octanol–water partition coefficient (Wildman–Crippen LogP) is 6.18. The third-order valence-corrected chi connectivity index (χ3v) is 6.34. The molecule has 5 aromatic rings. The summed E-state index contributed by atoms with van der Waals surface area (Å²) >= 11 is 0. The van der Waals surface area contributed by atoms with E-state index in [4.69, 9.17) is 13.5 Å². The minimum absolute atomic E-state index is 0.221. The van der Waals surface area contributed by atoms with Crippen LogP contribution in [-0.4, -0.2) is 0 Å². The van der Waals surface area contributed by atoms with Gasteiger partial charge in [0, 0.05) is 21.4 Å². The third kappa shape index (κ3) is 3.85. The monoisotopic (exact) mass is 416 g/mol. The Morgan fingerprint density at radius 2 is 0.931 bits per heavy atom. The normalized spacial score (nSPS) is 11.9. The molecule has 1 aromatic heterocycles. The lowest BCUT2D eigenvalue weighted by Gasteiger charge is -2.06. The maximum atomic E-state index is 6.25. The van der Waals surface area contributed by atoms with Crippen LogP contribution in [-0.2, 0) is 0 Å². The van der Waals surface area contributed by atoms with Gasteiger partial charge in [-0.1, -0.05) is 84.9 Å². The van der Waals surface area contributed by atoms with Crippen molar-refractivity contribution in [1.82, 2.24) is 0 Å². The average molecular weight is 416 g/mol. The molecule has 0 bridgehead atoms. The van der Waals surface area contributed by atoms with Gasteiger partial charge in [0.15, 0.2) is 22.7 Å². The van der Waals surface area contributed by atoms with E-state index in [9.17, 15) is 0 Å². The zero-order valence-corrected chi connectivity index (χ0v) is 17.5. The molecular formula is C24H18O3P2. The van der Waals surface area contributed by atoms with Crippen molar-refractivity contribution < 1.29 is 13.5 Å². The van der Waals surface area contributed by atoms with Crippen LogP contribution >= 0.6 is 17.6 Å². The molecule has 0 amide bonds. The molecule has 0 aliphatic heterocycles. The van der Waals surface area contributed by atoms with E-state index in [1.54, 1.807) is 0 Å². The Morgan fingerprint density at radius 3 is 1.38 bits per heavy atom. The van der Waals surface area contributed by atoms with Crippen LogP contribution in [0.1, 0.15) is 0 Å². The largest absolute Gasteiger partial charge is 0.469 e. The first-order chi connectivity index (χ1) is 14.4. The zero-order valence-electron chi connectivity index (χ0n) is 15.5. The molecule has 0 saturated heterocycles. The van der Waals surface area contributed by atoms with Crippen molar-refractivity contribution >= 4 is 50.2 Å².